The first kappa shape index (κ1) is 28.5. The molecule has 0 spiro atoms. The number of rotatable bonds is 4. The zero-order chi connectivity index (χ0) is 33.4. The van der Waals surface area contributed by atoms with Gasteiger partial charge in [-0.25, -0.2) is 19.9 Å². The van der Waals surface area contributed by atoms with Gasteiger partial charge >= 0.3 is 0 Å². The molecule has 0 unspecified atom stereocenters. The number of benzene rings is 6. The first-order chi connectivity index (χ1) is 24.5. The Kier molecular flexibility index (Phi) is 6.15. The quantitative estimate of drug-likeness (QED) is 0.192. The Morgan fingerprint density at radius 2 is 1.14 bits per heavy atom. The molecule has 0 N–H and O–H groups in total. The van der Waals surface area contributed by atoms with Crippen LogP contribution in [0.2, 0.25) is 0 Å². The average molecular weight is 642 g/mol. The minimum absolute atomic E-state index is 0.101. The summed E-state index contributed by atoms with van der Waals surface area (Å²) in [6, 6.07) is 51.1. The standard InChI is InChI=1S/C45H31N5/c1-45(2)37-18-10-8-16-33(37)35-25-36-34-17-9-11-19-39(34)50(40(36)26-38(35)45)41-23-22-32(27-46-41)44-48-42(29-13-4-3-5-14-29)47-43(49-44)31-21-20-28-12-6-7-15-30(28)24-31/h3-27H,1-2H3. The summed E-state index contributed by atoms with van der Waals surface area (Å²) in [7, 11) is 0. The predicted octanol–water partition coefficient (Wildman–Crippen LogP) is 10.8. The van der Waals surface area contributed by atoms with E-state index in [2.05, 4.69) is 134 Å². The second-order valence-corrected chi connectivity index (χ2v) is 13.6. The number of pyridine rings is 1. The molecule has 50 heavy (non-hydrogen) atoms. The predicted molar refractivity (Wildman–Crippen MR) is 203 cm³/mol. The van der Waals surface area contributed by atoms with E-state index in [0.717, 1.165) is 38.9 Å². The topological polar surface area (TPSA) is 56.5 Å². The Bertz CT molecular complexity index is 2780. The number of para-hydroxylation sites is 1. The van der Waals surface area contributed by atoms with Gasteiger partial charge in [-0.1, -0.05) is 123 Å². The van der Waals surface area contributed by atoms with Crippen molar-refractivity contribution in [2.75, 3.05) is 0 Å². The van der Waals surface area contributed by atoms with Gasteiger partial charge in [0.25, 0.3) is 0 Å². The average Bonchev–Trinajstić information content (AvgIpc) is 3.62. The van der Waals surface area contributed by atoms with Crippen LogP contribution in [-0.4, -0.2) is 24.5 Å². The van der Waals surface area contributed by atoms with E-state index in [1.54, 1.807) is 0 Å². The molecule has 0 radical (unpaired) electrons. The number of hydrogen-bond donors (Lipinski definition) is 0. The second kappa shape index (κ2) is 10.8. The van der Waals surface area contributed by atoms with Gasteiger partial charge in [-0.2, -0.15) is 0 Å². The minimum atomic E-state index is -0.101. The smallest absolute Gasteiger partial charge is 0.165 e. The third-order valence-electron chi connectivity index (χ3n) is 10.3. The van der Waals surface area contributed by atoms with Crippen LogP contribution in [0.25, 0.3) is 83.7 Å². The van der Waals surface area contributed by atoms with Crippen molar-refractivity contribution < 1.29 is 0 Å². The van der Waals surface area contributed by atoms with E-state index in [0.29, 0.717) is 17.5 Å². The van der Waals surface area contributed by atoms with Gasteiger partial charge < -0.3 is 0 Å². The SMILES string of the molecule is CC1(C)c2ccccc2-c2cc3c4ccccc4n(-c4ccc(-c5nc(-c6ccccc6)nc(-c6ccc7ccccc7c6)n5)cn4)c3cc21. The van der Waals surface area contributed by atoms with Crippen molar-refractivity contribution in [1.82, 2.24) is 24.5 Å². The lowest BCUT2D eigenvalue weighted by atomic mass is 9.82. The Labute approximate surface area is 289 Å². The summed E-state index contributed by atoms with van der Waals surface area (Å²) in [5.74, 6) is 2.69. The normalized spacial score (nSPS) is 13.2. The fraction of sp³-hybridized carbons (Fsp3) is 0.0667. The van der Waals surface area contributed by atoms with Crippen LogP contribution in [-0.2, 0) is 5.41 Å². The Morgan fingerprint density at radius 3 is 1.96 bits per heavy atom. The molecule has 5 nitrogen and oxygen atoms in total. The molecular weight excluding hydrogens is 611 g/mol. The maximum absolute atomic E-state index is 5.08. The highest BCUT2D eigenvalue weighted by Gasteiger charge is 2.36. The molecule has 1 aliphatic carbocycles. The van der Waals surface area contributed by atoms with Gasteiger partial charge in [0.15, 0.2) is 17.5 Å². The van der Waals surface area contributed by atoms with E-state index in [1.807, 2.05) is 36.5 Å². The molecule has 0 amide bonds. The molecule has 0 saturated heterocycles. The fourth-order valence-corrected chi connectivity index (χ4v) is 7.74. The molecule has 9 aromatic rings. The molecule has 0 atom stereocenters. The summed E-state index contributed by atoms with van der Waals surface area (Å²) >= 11 is 0. The maximum atomic E-state index is 5.08. The summed E-state index contributed by atoms with van der Waals surface area (Å²) in [4.78, 5) is 20.0. The number of aromatic nitrogens is 5. The highest BCUT2D eigenvalue weighted by atomic mass is 15.1. The van der Waals surface area contributed by atoms with Crippen molar-refractivity contribution in [2.45, 2.75) is 19.3 Å². The van der Waals surface area contributed by atoms with Crippen LogP contribution in [0, 0.1) is 0 Å². The number of hydrogen-bond acceptors (Lipinski definition) is 4. The highest BCUT2D eigenvalue weighted by Crippen LogP contribution is 2.50. The monoisotopic (exact) mass is 641 g/mol. The molecule has 0 fully saturated rings. The summed E-state index contributed by atoms with van der Waals surface area (Å²) in [5, 5.41) is 4.76. The zero-order valence-electron chi connectivity index (χ0n) is 27.7. The molecule has 6 aromatic carbocycles. The van der Waals surface area contributed by atoms with Crippen molar-refractivity contribution in [3.8, 4) is 51.1 Å². The van der Waals surface area contributed by atoms with E-state index in [9.17, 15) is 0 Å². The molecule has 0 saturated carbocycles. The minimum Gasteiger partial charge on any atom is -0.294 e. The van der Waals surface area contributed by atoms with Crippen LogP contribution in [0.1, 0.15) is 25.0 Å². The maximum Gasteiger partial charge on any atom is 0.165 e. The lowest BCUT2D eigenvalue weighted by Gasteiger charge is -2.21. The second-order valence-electron chi connectivity index (χ2n) is 13.6. The first-order valence-corrected chi connectivity index (χ1v) is 17.0. The van der Waals surface area contributed by atoms with Gasteiger partial charge in [-0.05, 0) is 69.4 Å². The van der Waals surface area contributed by atoms with E-state index in [-0.39, 0.29) is 5.41 Å². The van der Waals surface area contributed by atoms with E-state index < -0.39 is 0 Å². The van der Waals surface area contributed by atoms with Crippen LogP contribution in [0.4, 0.5) is 0 Å². The number of nitrogens with zero attached hydrogens (tertiary/aromatic N) is 5. The van der Waals surface area contributed by atoms with Gasteiger partial charge in [0.05, 0.1) is 11.0 Å². The largest absolute Gasteiger partial charge is 0.294 e. The van der Waals surface area contributed by atoms with Crippen LogP contribution in [0.3, 0.4) is 0 Å². The molecule has 5 heteroatoms. The summed E-state index contributed by atoms with van der Waals surface area (Å²) in [6.07, 6.45) is 1.89. The molecular formula is C45H31N5. The van der Waals surface area contributed by atoms with Crippen LogP contribution >= 0.6 is 0 Å². The van der Waals surface area contributed by atoms with E-state index in [4.69, 9.17) is 19.9 Å². The molecule has 0 bridgehead atoms. The van der Waals surface area contributed by atoms with E-state index >= 15 is 0 Å². The summed E-state index contributed by atoms with van der Waals surface area (Å²) in [6.45, 7) is 4.66. The Hall–Kier alpha value is -6.46. The molecule has 1 aliphatic rings. The lowest BCUT2D eigenvalue weighted by Crippen LogP contribution is -2.15. The third-order valence-corrected chi connectivity index (χ3v) is 10.3. The summed E-state index contributed by atoms with van der Waals surface area (Å²) in [5.41, 5.74) is 10.2. The third kappa shape index (κ3) is 4.33. The van der Waals surface area contributed by atoms with Crippen LogP contribution in [0.5, 0.6) is 0 Å². The molecule has 10 rings (SSSR count). The van der Waals surface area contributed by atoms with Gasteiger partial charge in [-0.15, -0.1) is 0 Å². The Morgan fingerprint density at radius 1 is 0.460 bits per heavy atom. The first-order valence-electron chi connectivity index (χ1n) is 17.0. The Balaban J connectivity index is 1.12. The van der Waals surface area contributed by atoms with Crippen molar-refractivity contribution in [3.63, 3.8) is 0 Å². The van der Waals surface area contributed by atoms with Gasteiger partial charge in [-0.3, -0.25) is 4.57 Å². The molecule has 3 heterocycles. The van der Waals surface area contributed by atoms with Crippen molar-refractivity contribution in [1.29, 1.82) is 0 Å². The number of fused-ring (bicyclic) bond motifs is 7. The molecule has 236 valence electrons. The van der Waals surface area contributed by atoms with E-state index in [1.165, 1.54) is 38.4 Å². The van der Waals surface area contributed by atoms with Gasteiger partial charge in [0.1, 0.15) is 5.82 Å². The zero-order valence-corrected chi connectivity index (χ0v) is 27.7. The van der Waals surface area contributed by atoms with Crippen molar-refractivity contribution in [3.05, 3.63) is 163 Å². The fourth-order valence-electron chi connectivity index (χ4n) is 7.74. The van der Waals surface area contributed by atoms with Crippen LogP contribution < -0.4 is 0 Å². The van der Waals surface area contributed by atoms with Crippen LogP contribution in [0.15, 0.2) is 152 Å². The van der Waals surface area contributed by atoms with Crippen molar-refractivity contribution in [2.24, 2.45) is 0 Å². The summed E-state index contributed by atoms with van der Waals surface area (Å²) < 4.78 is 2.29. The van der Waals surface area contributed by atoms with Gasteiger partial charge in [0, 0.05) is 39.1 Å². The molecule has 3 aromatic heterocycles. The molecule has 0 aliphatic heterocycles. The van der Waals surface area contributed by atoms with Crippen molar-refractivity contribution >= 4 is 32.6 Å². The van der Waals surface area contributed by atoms with Gasteiger partial charge in [0.2, 0.25) is 0 Å². The highest BCUT2D eigenvalue weighted by molar-refractivity contribution is 6.11. The lowest BCUT2D eigenvalue weighted by molar-refractivity contribution is 0.661.